The standard InChI is InChI=1S/C17H24N2O2/c1-18(12-14-8-11-21-13-14)17(20)15-6-2-3-7-16(15)19-9-4-5-10-19/h2-3,6-7,14H,4-5,8-13H2,1H3/t14-/m1/s1. The Hall–Kier alpha value is -1.55. The van der Waals surface area contributed by atoms with Gasteiger partial charge in [0, 0.05) is 44.9 Å². The first kappa shape index (κ1) is 14.4. The van der Waals surface area contributed by atoms with Crippen LogP contribution >= 0.6 is 0 Å². The lowest BCUT2D eigenvalue weighted by Crippen LogP contribution is -2.33. The van der Waals surface area contributed by atoms with E-state index in [9.17, 15) is 4.79 Å². The molecule has 2 saturated heterocycles. The third-order valence-corrected chi connectivity index (χ3v) is 4.48. The highest BCUT2D eigenvalue weighted by atomic mass is 16.5. The van der Waals surface area contributed by atoms with Crippen molar-refractivity contribution in [2.75, 3.05) is 44.8 Å². The summed E-state index contributed by atoms with van der Waals surface area (Å²) in [6, 6.07) is 8.01. The fourth-order valence-corrected chi connectivity index (χ4v) is 3.29. The van der Waals surface area contributed by atoms with Gasteiger partial charge in [-0.3, -0.25) is 4.79 Å². The number of carbonyl (C=O) groups is 1. The lowest BCUT2D eigenvalue weighted by atomic mass is 10.1. The molecule has 1 atom stereocenters. The molecule has 0 spiro atoms. The first-order valence-electron chi connectivity index (χ1n) is 7.93. The van der Waals surface area contributed by atoms with Gasteiger partial charge in [0.2, 0.25) is 0 Å². The summed E-state index contributed by atoms with van der Waals surface area (Å²) in [7, 11) is 1.90. The van der Waals surface area contributed by atoms with Crippen molar-refractivity contribution < 1.29 is 9.53 Å². The van der Waals surface area contributed by atoms with Gasteiger partial charge >= 0.3 is 0 Å². The molecule has 1 aromatic rings. The Bertz CT molecular complexity index is 491. The number of anilines is 1. The molecule has 0 unspecified atom stereocenters. The van der Waals surface area contributed by atoms with Gasteiger partial charge in [0.25, 0.3) is 5.91 Å². The SMILES string of the molecule is CN(C[C@H]1CCOC1)C(=O)c1ccccc1N1CCCC1. The maximum atomic E-state index is 12.8. The minimum absolute atomic E-state index is 0.129. The van der Waals surface area contributed by atoms with Crippen LogP contribution in [0.3, 0.4) is 0 Å². The van der Waals surface area contributed by atoms with Crippen LogP contribution in [-0.2, 0) is 4.74 Å². The summed E-state index contributed by atoms with van der Waals surface area (Å²) in [4.78, 5) is 17.0. The lowest BCUT2D eigenvalue weighted by molar-refractivity contribution is 0.0766. The van der Waals surface area contributed by atoms with Gasteiger partial charge < -0.3 is 14.5 Å². The molecule has 2 aliphatic heterocycles. The Labute approximate surface area is 126 Å². The summed E-state index contributed by atoms with van der Waals surface area (Å²) in [5.41, 5.74) is 1.93. The van der Waals surface area contributed by atoms with Crippen molar-refractivity contribution in [2.45, 2.75) is 19.3 Å². The van der Waals surface area contributed by atoms with Gasteiger partial charge in [-0.05, 0) is 31.4 Å². The zero-order valence-electron chi connectivity index (χ0n) is 12.8. The first-order valence-corrected chi connectivity index (χ1v) is 7.93. The number of hydrogen-bond acceptors (Lipinski definition) is 3. The number of benzene rings is 1. The molecule has 4 nitrogen and oxygen atoms in total. The molecule has 0 aliphatic carbocycles. The molecule has 0 saturated carbocycles. The van der Waals surface area contributed by atoms with Crippen LogP contribution in [0.15, 0.2) is 24.3 Å². The zero-order valence-corrected chi connectivity index (χ0v) is 12.8. The molecule has 3 rings (SSSR count). The topological polar surface area (TPSA) is 32.8 Å². The van der Waals surface area contributed by atoms with E-state index in [4.69, 9.17) is 4.74 Å². The van der Waals surface area contributed by atoms with Gasteiger partial charge in [0.15, 0.2) is 0 Å². The lowest BCUT2D eigenvalue weighted by Gasteiger charge is -2.25. The minimum Gasteiger partial charge on any atom is -0.381 e. The average molecular weight is 288 g/mol. The van der Waals surface area contributed by atoms with Crippen molar-refractivity contribution in [1.29, 1.82) is 0 Å². The van der Waals surface area contributed by atoms with Crippen LogP contribution in [0.25, 0.3) is 0 Å². The highest BCUT2D eigenvalue weighted by Crippen LogP contribution is 2.26. The average Bonchev–Trinajstić information content (AvgIpc) is 3.19. The number of ether oxygens (including phenoxy) is 1. The van der Waals surface area contributed by atoms with Crippen LogP contribution in [0.1, 0.15) is 29.6 Å². The van der Waals surface area contributed by atoms with Gasteiger partial charge in [0.1, 0.15) is 0 Å². The first-order chi connectivity index (χ1) is 10.3. The molecule has 114 valence electrons. The van der Waals surface area contributed by atoms with E-state index < -0.39 is 0 Å². The molecule has 1 aromatic carbocycles. The van der Waals surface area contributed by atoms with Crippen LogP contribution in [0.5, 0.6) is 0 Å². The van der Waals surface area contributed by atoms with Crippen molar-refractivity contribution in [2.24, 2.45) is 5.92 Å². The number of rotatable bonds is 4. The maximum absolute atomic E-state index is 12.8. The summed E-state index contributed by atoms with van der Waals surface area (Å²) >= 11 is 0. The molecule has 4 heteroatoms. The molecule has 2 fully saturated rings. The van der Waals surface area contributed by atoms with Crippen LogP contribution < -0.4 is 4.90 Å². The van der Waals surface area contributed by atoms with Gasteiger partial charge in [-0.1, -0.05) is 12.1 Å². The van der Waals surface area contributed by atoms with E-state index in [2.05, 4.69) is 11.0 Å². The van der Waals surface area contributed by atoms with Crippen LogP contribution in [0.4, 0.5) is 5.69 Å². The minimum atomic E-state index is 0.129. The molecule has 2 aliphatic rings. The number of amides is 1. The fraction of sp³-hybridized carbons (Fsp3) is 0.588. The molecule has 0 aromatic heterocycles. The summed E-state index contributed by atoms with van der Waals surface area (Å²) in [5.74, 6) is 0.613. The summed E-state index contributed by atoms with van der Waals surface area (Å²) < 4.78 is 5.40. The molecule has 0 N–H and O–H groups in total. The molecule has 2 heterocycles. The molecular weight excluding hydrogens is 264 g/mol. The van der Waals surface area contributed by atoms with E-state index in [1.54, 1.807) is 0 Å². The largest absolute Gasteiger partial charge is 0.381 e. The zero-order chi connectivity index (χ0) is 14.7. The smallest absolute Gasteiger partial charge is 0.255 e. The van der Waals surface area contributed by atoms with Gasteiger partial charge in [-0.15, -0.1) is 0 Å². The third kappa shape index (κ3) is 3.21. The second-order valence-electron chi connectivity index (χ2n) is 6.13. The number of carbonyl (C=O) groups excluding carboxylic acids is 1. The van der Waals surface area contributed by atoms with Crippen molar-refractivity contribution in [1.82, 2.24) is 4.90 Å². The normalized spacial score (nSPS) is 21.8. The van der Waals surface area contributed by atoms with Crippen molar-refractivity contribution in [3.63, 3.8) is 0 Å². The van der Waals surface area contributed by atoms with Gasteiger partial charge in [-0.2, -0.15) is 0 Å². The highest BCUT2D eigenvalue weighted by molar-refractivity contribution is 5.99. The number of hydrogen-bond donors (Lipinski definition) is 0. The Morgan fingerprint density at radius 2 is 2.10 bits per heavy atom. The maximum Gasteiger partial charge on any atom is 0.255 e. The van der Waals surface area contributed by atoms with E-state index in [0.717, 1.165) is 50.5 Å². The van der Waals surface area contributed by atoms with E-state index >= 15 is 0 Å². The quantitative estimate of drug-likeness (QED) is 0.853. The number of nitrogens with zero attached hydrogens (tertiary/aromatic N) is 2. The van der Waals surface area contributed by atoms with Crippen molar-refractivity contribution in [3.05, 3.63) is 29.8 Å². The summed E-state index contributed by atoms with van der Waals surface area (Å²) in [6.07, 6.45) is 3.50. The van der Waals surface area contributed by atoms with Crippen LogP contribution in [0.2, 0.25) is 0 Å². The summed E-state index contributed by atoms with van der Waals surface area (Å²) in [5, 5.41) is 0. The van der Waals surface area contributed by atoms with Crippen molar-refractivity contribution >= 4 is 11.6 Å². The molecule has 1 amide bonds. The van der Waals surface area contributed by atoms with Crippen LogP contribution in [-0.4, -0.2) is 50.7 Å². The Morgan fingerprint density at radius 3 is 2.81 bits per heavy atom. The molecule has 0 bridgehead atoms. The van der Waals surface area contributed by atoms with E-state index in [0.29, 0.717) is 5.92 Å². The Kier molecular flexibility index (Phi) is 4.44. The van der Waals surface area contributed by atoms with Gasteiger partial charge in [-0.25, -0.2) is 0 Å². The second kappa shape index (κ2) is 6.48. The third-order valence-electron chi connectivity index (χ3n) is 4.48. The Morgan fingerprint density at radius 1 is 1.33 bits per heavy atom. The number of para-hydroxylation sites is 1. The predicted molar refractivity (Wildman–Crippen MR) is 83.8 cm³/mol. The predicted octanol–water partition coefficient (Wildman–Crippen LogP) is 2.40. The van der Waals surface area contributed by atoms with Gasteiger partial charge in [0.05, 0.1) is 12.2 Å². The van der Waals surface area contributed by atoms with E-state index in [-0.39, 0.29) is 5.91 Å². The van der Waals surface area contributed by atoms with Crippen LogP contribution in [0, 0.1) is 5.92 Å². The fourth-order valence-electron chi connectivity index (χ4n) is 3.29. The monoisotopic (exact) mass is 288 g/mol. The van der Waals surface area contributed by atoms with E-state index in [1.165, 1.54) is 12.8 Å². The van der Waals surface area contributed by atoms with E-state index in [1.807, 2.05) is 30.1 Å². The van der Waals surface area contributed by atoms with Crippen molar-refractivity contribution in [3.8, 4) is 0 Å². The second-order valence-corrected chi connectivity index (χ2v) is 6.13. The molecular formula is C17H24N2O2. The molecule has 21 heavy (non-hydrogen) atoms. The molecule has 0 radical (unpaired) electrons. The highest BCUT2D eigenvalue weighted by Gasteiger charge is 2.24. The Balaban J connectivity index is 1.73. The summed E-state index contributed by atoms with van der Waals surface area (Å²) in [6.45, 7) is 4.52.